The van der Waals surface area contributed by atoms with Gasteiger partial charge in [0.25, 0.3) is 15.9 Å². The predicted octanol–water partition coefficient (Wildman–Crippen LogP) is 2.23. The number of aromatic nitrogens is 1. The highest BCUT2D eigenvalue weighted by atomic mass is 32.2. The molecular weight excluding hydrogens is 362 g/mol. The molecule has 0 atom stereocenters. The first-order valence-electron chi connectivity index (χ1n) is 7.31. The summed E-state index contributed by atoms with van der Waals surface area (Å²) in [4.78, 5) is 11.7. The highest BCUT2D eigenvalue weighted by Gasteiger charge is 2.26. The van der Waals surface area contributed by atoms with Crippen LogP contribution in [-0.4, -0.2) is 33.0 Å². The number of fused-ring (bicyclic) bond motifs is 1. The van der Waals surface area contributed by atoms with Crippen LogP contribution >= 0.6 is 11.3 Å². The maximum absolute atomic E-state index is 12.9. The maximum atomic E-state index is 12.9. The first kappa shape index (κ1) is 17.5. The number of thiophene rings is 1. The van der Waals surface area contributed by atoms with E-state index < -0.39 is 15.9 Å². The minimum Gasteiger partial charge on any atom is -0.364 e. The maximum Gasteiger partial charge on any atom is 0.273 e. The summed E-state index contributed by atoms with van der Waals surface area (Å²) in [5.74, 6) is -0.608. The van der Waals surface area contributed by atoms with Gasteiger partial charge >= 0.3 is 0 Å². The minimum atomic E-state index is -3.70. The second-order valence-electron chi connectivity index (χ2n) is 5.36. The molecular formula is C16H17N3O4S2. The Kier molecular flexibility index (Phi) is 4.55. The van der Waals surface area contributed by atoms with Gasteiger partial charge in [0.1, 0.15) is 16.6 Å². The second kappa shape index (κ2) is 6.51. The molecule has 0 aliphatic carbocycles. The van der Waals surface area contributed by atoms with E-state index in [4.69, 9.17) is 10.5 Å². The zero-order chi connectivity index (χ0) is 18.2. The van der Waals surface area contributed by atoms with Crippen LogP contribution in [0.2, 0.25) is 0 Å². The molecule has 0 radical (unpaired) electrons. The first-order chi connectivity index (χ1) is 11.9. The van der Waals surface area contributed by atoms with E-state index in [1.807, 2.05) is 0 Å². The summed E-state index contributed by atoms with van der Waals surface area (Å²) in [6.45, 7) is 0.0751. The number of primary amides is 1. The van der Waals surface area contributed by atoms with Gasteiger partial charge < -0.3 is 15.0 Å². The molecule has 0 saturated carbocycles. The van der Waals surface area contributed by atoms with Gasteiger partial charge in [-0.25, -0.2) is 8.42 Å². The number of methoxy groups -OCH3 is 1. The number of amides is 1. The van der Waals surface area contributed by atoms with Gasteiger partial charge in [0.15, 0.2) is 0 Å². The monoisotopic (exact) mass is 379 g/mol. The number of anilines is 1. The van der Waals surface area contributed by atoms with Gasteiger partial charge in [0.05, 0.1) is 11.2 Å². The number of benzene rings is 1. The Balaban J connectivity index is 2.24. The van der Waals surface area contributed by atoms with E-state index >= 15 is 0 Å². The van der Waals surface area contributed by atoms with Crippen LogP contribution in [-0.2, 0) is 21.5 Å². The Bertz CT molecular complexity index is 1020. The lowest BCUT2D eigenvalue weighted by atomic mass is 10.2. The van der Waals surface area contributed by atoms with Gasteiger partial charge in [-0.15, -0.1) is 11.3 Å². The first-order valence-corrected chi connectivity index (χ1v) is 9.63. The molecule has 2 N–H and O–H groups in total. The van der Waals surface area contributed by atoms with E-state index in [2.05, 4.69) is 0 Å². The fraction of sp³-hybridized carbons (Fsp3) is 0.188. The van der Waals surface area contributed by atoms with E-state index in [9.17, 15) is 13.2 Å². The minimum absolute atomic E-state index is 0.0751. The average Bonchev–Trinajstić information content (AvgIpc) is 3.22. The molecule has 3 rings (SSSR count). The largest absolute Gasteiger partial charge is 0.364 e. The van der Waals surface area contributed by atoms with Crippen LogP contribution in [0.25, 0.3) is 10.9 Å². The molecule has 0 spiro atoms. The SMILES string of the molecule is COCn1c(C(N)=O)cc2cccc(N(C)S(=O)(=O)c3cccs3)c21. The van der Waals surface area contributed by atoms with Crippen molar-refractivity contribution < 1.29 is 17.9 Å². The van der Waals surface area contributed by atoms with Crippen molar-refractivity contribution in [2.24, 2.45) is 5.73 Å². The molecule has 0 unspecified atom stereocenters. The summed E-state index contributed by atoms with van der Waals surface area (Å²) in [6.07, 6.45) is 0. The van der Waals surface area contributed by atoms with Crippen molar-refractivity contribution in [2.45, 2.75) is 10.9 Å². The zero-order valence-corrected chi connectivity index (χ0v) is 15.3. The fourth-order valence-corrected chi connectivity index (χ4v) is 5.06. The molecule has 0 saturated heterocycles. The third kappa shape index (κ3) is 2.90. The molecule has 0 bridgehead atoms. The summed E-state index contributed by atoms with van der Waals surface area (Å²) < 4.78 is 33.9. The molecule has 9 heteroatoms. The molecule has 0 aliphatic rings. The summed E-state index contributed by atoms with van der Waals surface area (Å²) >= 11 is 1.15. The molecule has 132 valence electrons. The van der Waals surface area contributed by atoms with Crippen molar-refractivity contribution in [2.75, 3.05) is 18.5 Å². The normalized spacial score (nSPS) is 11.8. The number of hydrogen-bond acceptors (Lipinski definition) is 5. The number of nitrogens with zero attached hydrogens (tertiary/aromatic N) is 2. The lowest BCUT2D eigenvalue weighted by Crippen LogP contribution is -2.26. The molecule has 7 nitrogen and oxygen atoms in total. The van der Waals surface area contributed by atoms with Crippen LogP contribution in [0.3, 0.4) is 0 Å². The number of rotatable bonds is 6. The Morgan fingerprint density at radius 2 is 2.08 bits per heavy atom. The van der Waals surface area contributed by atoms with Crippen LogP contribution in [0.5, 0.6) is 0 Å². The molecule has 3 aromatic rings. The summed E-state index contributed by atoms with van der Waals surface area (Å²) in [5.41, 5.74) is 6.72. The number of para-hydroxylation sites is 1. The highest BCUT2D eigenvalue weighted by molar-refractivity contribution is 7.94. The molecule has 2 aromatic heterocycles. The van der Waals surface area contributed by atoms with E-state index in [0.29, 0.717) is 16.6 Å². The summed E-state index contributed by atoms with van der Waals surface area (Å²) in [7, 11) is -0.726. The molecule has 25 heavy (non-hydrogen) atoms. The Hall–Kier alpha value is -2.36. The van der Waals surface area contributed by atoms with Crippen LogP contribution in [0, 0.1) is 0 Å². The third-order valence-electron chi connectivity index (χ3n) is 3.86. The molecule has 0 aliphatic heterocycles. The van der Waals surface area contributed by atoms with Gasteiger partial charge in [-0.05, 0) is 23.6 Å². The smallest absolute Gasteiger partial charge is 0.273 e. The van der Waals surface area contributed by atoms with Crippen molar-refractivity contribution >= 4 is 43.9 Å². The van der Waals surface area contributed by atoms with E-state index in [1.165, 1.54) is 18.5 Å². The zero-order valence-electron chi connectivity index (χ0n) is 13.7. The van der Waals surface area contributed by atoms with Crippen LogP contribution in [0.1, 0.15) is 10.5 Å². The number of sulfonamides is 1. The van der Waals surface area contributed by atoms with Crippen LogP contribution in [0.15, 0.2) is 46.0 Å². The Labute approximate surface area is 149 Å². The number of ether oxygens (including phenoxy) is 1. The lowest BCUT2D eigenvalue weighted by Gasteiger charge is -2.21. The Morgan fingerprint density at radius 1 is 1.32 bits per heavy atom. The third-order valence-corrected chi connectivity index (χ3v) is 7.00. The van der Waals surface area contributed by atoms with E-state index in [-0.39, 0.29) is 16.6 Å². The highest BCUT2D eigenvalue weighted by Crippen LogP contribution is 2.33. The van der Waals surface area contributed by atoms with Gasteiger partial charge in [-0.3, -0.25) is 9.10 Å². The van der Waals surface area contributed by atoms with Crippen molar-refractivity contribution in [3.8, 4) is 0 Å². The topological polar surface area (TPSA) is 94.6 Å². The standard InChI is InChI=1S/C16H17N3O4S2/c1-18(25(21,22)14-7-4-8-24-14)12-6-3-5-11-9-13(16(17)20)19(10-23-2)15(11)12/h3-9H,10H2,1-2H3,(H2,17,20). The van der Waals surface area contributed by atoms with Gasteiger partial charge in [0.2, 0.25) is 0 Å². The molecule has 1 aromatic carbocycles. The summed E-state index contributed by atoms with van der Waals surface area (Å²) in [5, 5.41) is 2.41. The molecule has 0 fully saturated rings. The van der Waals surface area contributed by atoms with Gasteiger partial charge in [0, 0.05) is 19.5 Å². The number of carbonyl (C=O) groups excluding carboxylic acids is 1. The number of nitrogens with two attached hydrogens (primary N) is 1. The van der Waals surface area contributed by atoms with Crippen LogP contribution < -0.4 is 10.0 Å². The van der Waals surface area contributed by atoms with E-state index in [1.54, 1.807) is 46.3 Å². The van der Waals surface area contributed by atoms with Crippen molar-refractivity contribution in [1.82, 2.24) is 4.57 Å². The quantitative estimate of drug-likeness (QED) is 0.710. The van der Waals surface area contributed by atoms with Gasteiger partial charge in [-0.1, -0.05) is 18.2 Å². The Morgan fingerprint density at radius 3 is 2.68 bits per heavy atom. The van der Waals surface area contributed by atoms with Crippen LogP contribution in [0.4, 0.5) is 5.69 Å². The summed E-state index contributed by atoms with van der Waals surface area (Å²) in [6, 6.07) is 10.1. The molecule has 2 heterocycles. The van der Waals surface area contributed by atoms with Crippen molar-refractivity contribution in [3.63, 3.8) is 0 Å². The van der Waals surface area contributed by atoms with Crippen molar-refractivity contribution in [1.29, 1.82) is 0 Å². The second-order valence-corrected chi connectivity index (χ2v) is 8.50. The average molecular weight is 379 g/mol. The van der Waals surface area contributed by atoms with Crippen molar-refractivity contribution in [3.05, 3.63) is 47.5 Å². The molecule has 1 amide bonds. The fourth-order valence-electron chi connectivity index (χ4n) is 2.70. The number of carbonyl (C=O) groups is 1. The number of hydrogen-bond donors (Lipinski definition) is 1. The van der Waals surface area contributed by atoms with Gasteiger partial charge in [-0.2, -0.15) is 0 Å². The lowest BCUT2D eigenvalue weighted by molar-refractivity contribution is 0.0961. The van der Waals surface area contributed by atoms with E-state index in [0.717, 1.165) is 11.3 Å². The predicted molar refractivity (Wildman–Crippen MR) is 97.4 cm³/mol.